The summed E-state index contributed by atoms with van der Waals surface area (Å²) in [4.78, 5) is 13.0. The minimum Gasteiger partial charge on any atom is -0.388 e. The fraction of sp³-hybridized carbons (Fsp3) is 0.111. The standard InChI is InChI=1S/C9H11N3O2/c1-4-7(10-3)5-6(2)8-11-9(13)14-12-8/h4-5,10H,1-2H2,3H3,(H,11,12,13)/b7-5+. The maximum Gasteiger partial charge on any atom is 0.439 e. The van der Waals surface area contributed by atoms with Crippen molar-refractivity contribution in [2.75, 3.05) is 7.05 Å². The molecule has 0 saturated heterocycles. The van der Waals surface area contributed by atoms with Gasteiger partial charge in [0.1, 0.15) is 0 Å². The van der Waals surface area contributed by atoms with Crippen molar-refractivity contribution in [2.24, 2.45) is 0 Å². The van der Waals surface area contributed by atoms with Gasteiger partial charge in [-0.2, -0.15) is 0 Å². The van der Waals surface area contributed by atoms with Gasteiger partial charge >= 0.3 is 5.76 Å². The summed E-state index contributed by atoms with van der Waals surface area (Å²) in [5.74, 6) is -0.288. The van der Waals surface area contributed by atoms with Gasteiger partial charge in [-0.15, -0.1) is 0 Å². The van der Waals surface area contributed by atoms with Gasteiger partial charge in [-0.1, -0.05) is 18.3 Å². The van der Waals surface area contributed by atoms with Crippen LogP contribution in [0.2, 0.25) is 0 Å². The second-order valence-electron chi connectivity index (χ2n) is 2.52. The fourth-order valence-electron chi connectivity index (χ4n) is 0.858. The predicted molar refractivity (Wildman–Crippen MR) is 53.5 cm³/mol. The van der Waals surface area contributed by atoms with Crippen LogP contribution in [-0.2, 0) is 0 Å². The van der Waals surface area contributed by atoms with E-state index in [1.165, 1.54) is 0 Å². The van der Waals surface area contributed by atoms with Gasteiger partial charge in [0.2, 0.25) is 0 Å². The van der Waals surface area contributed by atoms with E-state index in [-0.39, 0.29) is 0 Å². The Kier molecular flexibility index (Phi) is 3.06. The summed E-state index contributed by atoms with van der Waals surface area (Å²) in [6.07, 6.45) is 3.32. The Bertz CT molecular complexity index is 425. The van der Waals surface area contributed by atoms with Crippen LogP contribution >= 0.6 is 0 Å². The molecule has 1 aromatic heterocycles. The Balaban J connectivity index is 2.91. The molecule has 14 heavy (non-hydrogen) atoms. The number of nitrogens with one attached hydrogen (secondary N) is 2. The maximum atomic E-state index is 10.6. The number of allylic oxidation sites excluding steroid dienone is 3. The summed E-state index contributed by atoms with van der Waals surface area (Å²) in [7, 11) is 1.76. The van der Waals surface area contributed by atoms with E-state index >= 15 is 0 Å². The van der Waals surface area contributed by atoms with E-state index < -0.39 is 5.76 Å². The molecule has 0 aliphatic rings. The average Bonchev–Trinajstić information content (AvgIpc) is 2.61. The molecule has 0 amide bonds. The summed E-state index contributed by atoms with van der Waals surface area (Å²) in [6, 6.07) is 0. The van der Waals surface area contributed by atoms with Crippen molar-refractivity contribution < 1.29 is 4.52 Å². The second kappa shape index (κ2) is 4.27. The van der Waals surface area contributed by atoms with Crippen LogP contribution in [0.3, 0.4) is 0 Å². The van der Waals surface area contributed by atoms with Crippen molar-refractivity contribution in [3.63, 3.8) is 0 Å². The van der Waals surface area contributed by atoms with E-state index in [1.807, 2.05) is 0 Å². The normalized spacial score (nSPS) is 11.1. The van der Waals surface area contributed by atoms with E-state index in [9.17, 15) is 4.79 Å². The Morgan fingerprint density at radius 2 is 2.43 bits per heavy atom. The van der Waals surface area contributed by atoms with Crippen LogP contribution in [0.25, 0.3) is 5.57 Å². The molecule has 0 aliphatic heterocycles. The maximum absolute atomic E-state index is 10.6. The summed E-state index contributed by atoms with van der Waals surface area (Å²) in [5, 5.41) is 6.38. The number of aromatic nitrogens is 2. The lowest BCUT2D eigenvalue weighted by atomic mass is 10.2. The summed E-state index contributed by atoms with van der Waals surface area (Å²) >= 11 is 0. The minimum absolute atomic E-state index is 0.310. The first-order chi connectivity index (χ1) is 6.67. The van der Waals surface area contributed by atoms with E-state index in [1.54, 1.807) is 19.2 Å². The second-order valence-corrected chi connectivity index (χ2v) is 2.52. The monoisotopic (exact) mass is 193 g/mol. The molecule has 0 bridgehead atoms. The molecule has 2 N–H and O–H groups in total. The Hall–Kier alpha value is -2.04. The molecule has 0 spiro atoms. The molecular formula is C9H11N3O2. The smallest absolute Gasteiger partial charge is 0.388 e. The van der Waals surface area contributed by atoms with Gasteiger partial charge in [-0.25, -0.2) is 4.79 Å². The zero-order chi connectivity index (χ0) is 10.6. The van der Waals surface area contributed by atoms with Gasteiger partial charge in [-0.05, 0) is 12.2 Å². The number of likely N-dealkylation sites (N-methyl/N-ethyl adjacent to an activating group) is 1. The van der Waals surface area contributed by atoms with Crippen molar-refractivity contribution in [3.05, 3.63) is 47.4 Å². The molecule has 74 valence electrons. The molecule has 1 aromatic rings. The third kappa shape index (κ3) is 2.22. The zero-order valence-corrected chi connectivity index (χ0v) is 7.83. The molecule has 0 atom stereocenters. The molecule has 0 aromatic carbocycles. The zero-order valence-electron chi connectivity index (χ0n) is 7.83. The van der Waals surface area contributed by atoms with Gasteiger partial charge in [0.15, 0.2) is 5.82 Å². The van der Waals surface area contributed by atoms with Gasteiger partial charge in [0.05, 0.1) is 0 Å². The van der Waals surface area contributed by atoms with Gasteiger partial charge < -0.3 is 5.32 Å². The number of H-pyrrole nitrogens is 1. The number of nitrogens with zero attached hydrogens (tertiary/aromatic N) is 1. The summed E-state index contributed by atoms with van der Waals surface area (Å²) in [6.45, 7) is 7.31. The molecule has 0 radical (unpaired) electrons. The largest absolute Gasteiger partial charge is 0.439 e. The van der Waals surface area contributed by atoms with Crippen LogP contribution in [0.4, 0.5) is 0 Å². The highest BCUT2D eigenvalue weighted by Gasteiger charge is 2.02. The molecule has 0 saturated carbocycles. The van der Waals surface area contributed by atoms with Crippen LogP contribution in [0, 0.1) is 0 Å². The molecule has 0 unspecified atom stereocenters. The lowest BCUT2D eigenvalue weighted by molar-refractivity contribution is 0.385. The molecule has 0 aliphatic carbocycles. The molecule has 1 heterocycles. The Morgan fingerprint density at radius 3 is 2.86 bits per heavy atom. The highest BCUT2D eigenvalue weighted by atomic mass is 16.5. The quantitative estimate of drug-likeness (QED) is 0.689. The van der Waals surface area contributed by atoms with Crippen LogP contribution < -0.4 is 11.1 Å². The Morgan fingerprint density at radius 1 is 1.71 bits per heavy atom. The van der Waals surface area contributed by atoms with Crippen molar-refractivity contribution in [1.29, 1.82) is 0 Å². The highest BCUT2D eigenvalue weighted by molar-refractivity contribution is 5.68. The number of hydrogen-bond donors (Lipinski definition) is 2. The third-order valence-corrected chi connectivity index (χ3v) is 1.58. The summed E-state index contributed by atoms with van der Waals surface area (Å²) in [5.41, 5.74) is 1.32. The first-order valence-corrected chi connectivity index (χ1v) is 3.94. The minimum atomic E-state index is -0.598. The molecular weight excluding hydrogens is 182 g/mol. The molecule has 5 nitrogen and oxygen atoms in total. The van der Waals surface area contributed by atoms with Crippen molar-refractivity contribution in [3.8, 4) is 0 Å². The van der Waals surface area contributed by atoms with E-state index in [2.05, 4.69) is 33.1 Å². The average molecular weight is 193 g/mol. The van der Waals surface area contributed by atoms with Crippen molar-refractivity contribution in [1.82, 2.24) is 15.5 Å². The predicted octanol–water partition coefficient (Wildman–Crippen LogP) is 0.665. The van der Waals surface area contributed by atoms with Gasteiger partial charge in [-0.3, -0.25) is 9.51 Å². The van der Waals surface area contributed by atoms with Crippen molar-refractivity contribution >= 4 is 5.57 Å². The third-order valence-electron chi connectivity index (χ3n) is 1.58. The van der Waals surface area contributed by atoms with E-state index in [0.717, 1.165) is 5.70 Å². The molecule has 1 rings (SSSR count). The SMILES string of the molecule is C=C/C(=C\C(=C)c1noc(=O)[nH]1)NC. The van der Waals surface area contributed by atoms with Crippen LogP contribution in [-0.4, -0.2) is 17.2 Å². The summed E-state index contributed by atoms with van der Waals surface area (Å²) < 4.78 is 4.34. The van der Waals surface area contributed by atoms with E-state index in [0.29, 0.717) is 11.4 Å². The first kappa shape index (κ1) is 10.0. The van der Waals surface area contributed by atoms with Crippen LogP contribution in [0.15, 0.2) is 40.3 Å². The number of hydrogen-bond acceptors (Lipinski definition) is 4. The lowest BCUT2D eigenvalue weighted by Gasteiger charge is -1.99. The first-order valence-electron chi connectivity index (χ1n) is 3.94. The lowest BCUT2D eigenvalue weighted by Crippen LogP contribution is -2.03. The molecule has 5 heteroatoms. The van der Waals surface area contributed by atoms with Gasteiger partial charge in [0, 0.05) is 18.3 Å². The topological polar surface area (TPSA) is 70.9 Å². The highest BCUT2D eigenvalue weighted by Crippen LogP contribution is 2.08. The van der Waals surface area contributed by atoms with E-state index in [4.69, 9.17) is 0 Å². The van der Waals surface area contributed by atoms with Crippen molar-refractivity contribution in [2.45, 2.75) is 0 Å². The Labute approximate surface area is 80.8 Å². The van der Waals surface area contributed by atoms with Crippen LogP contribution in [0.1, 0.15) is 5.82 Å². The number of aromatic amines is 1. The van der Waals surface area contributed by atoms with Gasteiger partial charge in [0.25, 0.3) is 0 Å². The number of rotatable bonds is 4. The van der Waals surface area contributed by atoms with Crippen LogP contribution in [0.5, 0.6) is 0 Å². The fourth-order valence-corrected chi connectivity index (χ4v) is 0.858. The molecule has 0 fully saturated rings.